The second-order valence-corrected chi connectivity index (χ2v) is 9.92. The first-order chi connectivity index (χ1) is 15.8. The molecule has 0 unspecified atom stereocenters. The minimum atomic E-state index is -0.364. The minimum Gasteiger partial charge on any atom is -0.491 e. The van der Waals surface area contributed by atoms with Gasteiger partial charge >= 0.3 is 6.03 Å². The fourth-order valence-corrected chi connectivity index (χ4v) is 4.85. The van der Waals surface area contributed by atoms with Gasteiger partial charge in [0.25, 0.3) is 0 Å². The van der Waals surface area contributed by atoms with E-state index in [0.717, 1.165) is 18.4 Å². The number of nitrogens with zero attached hydrogens (tertiary/aromatic N) is 2. The molecule has 3 amide bonds. The lowest BCUT2D eigenvalue weighted by atomic mass is 10.00. The zero-order chi connectivity index (χ0) is 24.0. The molecule has 1 aromatic heterocycles. The van der Waals surface area contributed by atoms with Gasteiger partial charge in [0, 0.05) is 30.1 Å². The van der Waals surface area contributed by atoms with Gasteiger partial charge in [-0.05, 0) is 55.3 Å². The second kappa shape index (κ2) is 11.5. The van der Waals surface area contributed by atoms with Gasteiger partial charge in [0.2, 0.25) is 5.91 Å². The highest BCUT2D eigenvalue weighted by Gasteiger charge is 2.33. The first-order valence-corrected chi connectivity index (χ1v) is 12.5. The van der Waals surface area contributed by atoms with E-state index in [1.165, 1.54) is 17.0 Å². The van der Waals surface area contributed by atoms with Crippen LogP contribution in [0.25, 0.3) is 0 Å². The third-order valence-electron chi connectivity index (χ3n) is 5.87. The Morgan fingerprint density at radius 1 is 1.30 bits per heavy atom. The first-order valence-electron chi connectivity index (χ1n) is 11.6. The van der Waals surface area contributed by atoms with Crippen LogP contribution in [-0.2, 0) is 11.2 Å². The zero-order valence-corrected chi connectivity index (χ0v) is 20.7. The van der Waals surface area contributed by atoms with Crippen molar-refractivity contribution in [2.45, 2.75) is 52.6 Å². The van der Waals surface area contributed by atoms with Crippen molar-refractivity contribution in [1.82, 2.24) is 15.1 Å². The molecule has 2 aromatic rings. The molecule has 1 N–H and O–H groups in total. The molecule has 0 saturated heterocycles. The second-order valence-electron chi connectivity index (χ2n) is 8.92. The van der Waals surface area contributed by atoms with Crippen molar-refractivity contribution >= 4 is 23.3 Å². The van der Waals surface area contributed by atoms with Crippen molar-refractivity contribution in [1.29, 1.82) is 0 Å². The molecule has 3 rings (SSSR count). The summed E-state index contributed by atoms with van der Waals surface area (Å²) in [4.78, 5) is 30.9. The lowest BCUT2D eigenvalue weighted by molar-refractivity contribution is -0.135. The number of hydrogen-bond acceptors (Lipinski definition) is 4. The molecule has 0 aliphatic carbocycles. The summed E-state index contributed by atoms with van der Waals surface area (Å²) in [5, 5.41) is 4.94. The maximum absolute atomic E-state index is 13.6. The number of urea groups is 1. The number of rotatable bonds is 9. The maximum atomic E-state index is 13.6. The number of carbonyl (C=O) groups is 2. The summed E-state index contributed by atoms with van der Waals surface area (Å²) in [6, 6.07) is 7.53. The van der Waals surface area contributed by atoms with Gasteiger partial charge in [0.1, 0.15) is 24.7 Å². The van der Waals surface area contributed by atoms with Crippen LogP contribution < -0.4 is 10.1 Å². The number of ether oxygens (including phenoxy) is 1. The molecule has 0 fully saturated rings. The standard InChI is InChI=1S/C25H34FN3O3S/c1-5-18(4)14-28(25(31)27-17(2)3)15-24(30)29-11-9-23-21(10-12-33-23)22(29)16-32-20-8-6-7-19(26)13-20/h6-8,10,12-13,17-18,22H,5,9,11,14-16H2,1-4H3,(H,27,31)/t18-,22-/m0/s1. The molecular weight excluding hydrogens is 441 g/mol. The number of nitrogens with one attached hydrogen (secondary N) is 1. The molecule has 33 heavy (non-hydrogen) atoms. The molecule has 6 nitrogen and oxygen atoms in total. The van der Waals surface area contributed by atoms with Crippen molar-refractivity contribution in [3.63, 3.8) is 0 Å². The van der Waals surface area contributed by atoms with Gasteiger partial charge in [0.05, 0.1) is 6.04 Å². The molecule has 2 atom stereocenters. The van der Waals surface area contributed by atoms with Crippen molar-refractivity contribution in [2.24, 2.45) is 5.92 Å². The van der Waals surface area contributed by atoms with Gasteiger partial charge in [-0.3, -0.25) is 4.79 Å². The average Bonchev–Trinajstić information content (AvgIpc) is 3.25. The van der Waals surface area contributed by atoms with Crippen LogP contribution in [0.15, 0.2) is 35.7 Å². The lowest BCUT2D eigenvalue weighted by Crippen LogP contribution is -2.51. The molecule has 1 aromatic carbocycles. The van der Waals surface area contributed by atoms with Crippen LogP contribution in [0.3, 0.4) is 0 Å². The van der Waals surface area contributed by atoms with Gasteiger partial charge in [-0.1, -0.05) is 26.3 Å². The fourth-order valence-electron chi connectivity index (χ4n) is 3.92. The monoisotopic (exact) mass is 475 g/mol. The molecule has 0 saturated carbocycles. The molecule has 1 aliphatic heterocycles. The normalized spacial score (nSPS) is 16.3. The van der Waals surface area contributed by atoms with Crippen LogP contribution in [0.2, 0.25) is 0 Å². The number of carbonyl (C=O) groups excluding carboxylic acids is 2. The number of benzene rings is 1. The van der Waals surface area contributed by atoms with Gasteiger partial charge in [0.15, 0.2) is 0 Å². The molecule has 2 heterocycles. The number of amides is 3. The molecule has 0 bridgehead atoms. The first kappa shape index (κ1) is 25.0. The van der Waals surface area contributed by atoms with E-state index in [0.29, 0.717) is 18.8 Å². The largest absolute Gasteiger partial charge is 0.491 e. The molecule has 180 valence electrons. The van der Waals surface area contributed by atoms with E-state index in [1.807, 2.05) is 25.3 Å². The summed E-state index contributed by atoms with van der Waals surface area (Å²) < 4.78 is 19.5. The van der Waals surface area contributed by atoms with Crippen LogP contribution in [0, 0.1) is 11.7 Å². The topological polar surface area (TPSA) is 61.9 Å². The van der Waals surface area contributed by atoms with E-state index >= 15 is 0 Å². The van der Waals surface area contributed by atoms with Crippen molar-refractivity contribution in [2.75, 3.05) is 26.2 Å². The quantitative estimate of drug-likeness (QED) is 0.564. The van der Waals surface area contributed by atoms with Crippen molar-refractivity contribution in [3.8, 4) is 5.75 Å². The third kappa shape index (κ3) is 6.69. The Balaban J connectivity index is 1.77. The van der Waals surface area contributed by atoms with Crippen molar-refractivity contribution < 1.29 is 18.7 Å². The summed E-state index contributed by atoms with van der Waals surface area (Å²) in [7, 11) is 0. The van der Waals surface area contributed by atoms with E-state index in [4.69, 9.17) is 4.74 Å². The number of thiophene rings is 1. The predicted octanol–water partition coefficient (Wildman–Crippen LogP) is 4.86. The maximum Gasteiger partial charge on any atom is 0.318 e. The number of halogens is 1. The SMILES string of the molecule is CC[C@H](C)CN(CC(=O)N1CCc2sccc2[C@@H]1COc1cccc(F)c1)C(=O)NC(C)C. The van der Waals surface area contributed by atoms with E-state index in [9.17, 15) is 14.0 Å². The van der Waals surface area contributed by atoms with E-state index in [2.05, 4.69) is 19.2 Å². The molecule has 8 heteroatoms. The predicted molar refractivity (Wildman–Crippen MR) is 129 cm³/mol. The Morgan fingerprint density at radius 2 is 2.09 bits per heavy atom. The fraction of sp³-hybridized carbons (Fsp3) is 0.520. The van der Waals surface area contributed by atoms with Crippen LogP contribution in [0.4, 0.5) is 9.18 Å². The van der Waals surface area contributed by atoms with E-state index in [-0.39, 0.29) is 48.9 Å². The van der Waals surface area contributed by atoms with E-state index in [1.54, 1.807) is 33.3 Å². The highest BCUT2D eigenvalue weighted by atomic mass is 32.1. The highest BCUT2D eigenvalue weighted by Crippen LogP contribution is 2.34. The smallest absolute Gasteiger partial charge is 0.318 e. The Bertz CT molecular complexity index is 948. The van der Waals surface area contributed by atoms with Gasteiger partial charge in [-0.25, -0.2) is 9.18 Å². The highest BCUT2D eigenvalue weighted by molar-refractivity contribution is 7.10. The van der Waals surface area contributed by atoms with Crippen LogP contribution in [0.1, 0.15) is 50.6 Å². The Labute approximate surface area is 199 Å². The van der Waals surface area contributed by atoms with Gasteiger partial charge < -0.3 is 19.9 Å². The minimum absolute atomic E-state index is 0.0113. The van der Waals surface area contributed by atoms with Gasteiger partial charge in [-0.2, -0.15) is 0 Å². The Kier molecular flexibility index (Phi) is 8.72. The summed E-state index contributed by atoms with van der Waals surface area (Å²) in [5.74, 6) is 0.242. The van der Waals surface area contributed by atoms with Gasteiger partial charge in [-0.15, -0.1) is 11.3 Å². The summed E-state index contributed by atoms with van der Waals surface area (Å²) >= 11 is 1.68. The summed E-state index contributed by atoms with van der Waals surface area (Å²) in [6.07, 6.45) is 1.70. The number of fused-ring (bicyclic) bond motifs is 1. The summed E-state index contributed by atoms with van der Waals surface area (Å²) in [6.45, 7) is 9.28. The third-order valence-corrected chi connectivity index (χ3v) is 6.87. The molecule has 0 spiro atoms. The van der Waals surface area contributed by atoms with Crippen LogP contribution in [-0.4, -0.2) is 54.0 Å². The Hall–Kier alpha value is -2.61. The average molecular weight is 476 g/mol. The lowest BCUT2D eigenvalue weighted by Gasteiger charge is -2.37. The number of hydrogen-bond donors (Lipinski definition) is 1. The molecular formula is C25H34FN3O3S. The van der Waals surface area contributed by atoms with Crippen molar-refractivity contribution in [3.05, 3.63) is 52.0 Å². The zero-order valence-electron chi connectivity index (χ0n) is 19.8. The molecule has 0 radical (unpaired) electrons. The van der Waals surface area contributed by atoms with Crippen LogP contribution in [0.5, 0.6) is 5.75 Å². The Morgan fingerprint density at radius 3 is 2.79 bits per heavy atom. The van der Waals surface area contributed by atoms with Crippen LogP contribution >= 0.6 is 11.3 Å². The van der Waals surface area contributed by atoms with E-state index < -0.39 is 0 Å². The summed E-state index contributed by atoms with van der Waals surface area (Å²) in [5.41, 5.74) is 1.07. The molecule has 1 aliphatic rings.